The Balaban J connectivity index is 1.50. The van der Waals surface area contributed by atoms with Crippen LogP contribution in [0.25, 0.3) is 0 Å². The monoisotopic (exact) mass is 359 g/mol. The number of amides is 1. The number of ether oxygens (including phenoxy) is 1. The van der Waals surface area contributed by atoms with Crippen molar-refractivity contribution >= 4 is 11.9 Å². The van der Waals surface area contributed by atoms with E-state index < -0.39 is 12.0 Å². The lowest BCUT2D eigenvalue weighted by molar-refractivity contribution is -0.152. The van der Waals surface area contributed by atoms with Crippen LogP contribution in [0.5, 0.6) is 0 Å². The number of methoxy groups -OCH3 is 1. The molecule has 1 N–H and O–H groups in total. The molecule has 1 amide bonds. The standard InChI is InChI=1S/C21H26FNO3/c1-26-19(24)18(9-13-3-2-4-17(22)8-13)23-20(25)21-10-14-5-15(11-21)7-16(6-14)12-21/h2-4,8,14-16,18H,5-7,9-12H2,1H3,(H,23,25)/t14?,15?,16?,18-,21?/m0/s1. The Morgan fingerprint density at radius 2 is 1.81 bits per heavy atom. The van der Waals surface area contributed by atoms with E-state index in [1.807, 2.05) is 0 Å². The first-order chi connectivity index (χ1) is 12.5. The fourth-order valence-corrected chi connectivity index (χ4v) is 5.94. The Bertz CT molecular complexity index is 682. The fourth-order valence-electron chi connectivity index (χ4n) is 5.94. The minimum absolute atomic E-state index is 0.0107. The van der Waals surface area contributed by atoms with E-state index in [9.17, 15) is 14.0 Å². The van der Waals surface area contributed by atoms with Crippen molar-refractivity contribution in [3.63, 3.8) is 0 Å². The number of carbonyl (C=O) groups excluding carboxylic acids is 2. The van der Waals surface area contributed by atoms with Gasteiger partial charge in [0.25, 0.3) is 0 Å². The van der Waals surface area contributed by atoms with Gasteiger partial charge in [0.2, 0.25) is 5.91 Å². The first kappa shape index (κ1) is 17.5. The predicted octanol–water partition coefficient (Wildman–Crippen LogP) is 3.24. The maximum atomic E-state index is 13.5. The van der Waals surface area contributed by atoms with Crippen molar-refractivity contribution in [3.8, 4) is 0 Å². The third-order valence-corrected chi connectivity index (χ3v) is 6.64. The highest BCUT2D eigenvalue weighted by Crippen LogP contribution is 2.60. The van der Waals surface area contributed by atoms with Crippen LogP contribution in [-0.4, -0.2) is 25.0 Å². The molecular formula is C21H26FNO3. The summed E-state index contributed by atoms with van der Waals surface area (Å²) in [5.41, 5.74) is 0.356. The Morgan fingerprint density at radius 3 is 2.35 bits per heavy atom. The number of hydrogen-bond acceptors (Lipinski definition) is 3. The summed E-state index contributed by atoms with van der Waals surface area (Å²) in [5.74, 6) is 1.14. The SMILES string of the molecule is COC(=O)[C@H](Cc1cccc(F)c1)NC(=O)C12CC3CC(CC(C3)C1)C2. The minimum atomic E-state index is -0.776. The molecule has 0 heterocycles. The van der Waals surface area contributed by atoms with E-state index in [1.165, 1.54) is 38.5 Å². The highest BCUT2D eigenvalue weighted by Gasteiger charge is 2.55. The zero-order chi connectivity index (χ0) is 18.3. The summed E-state index contributed by atoms with van der Waals surface area (Å²) < 4.78 is 18.4. The van der Waals surface area contributed by atoms with Gasteiger partial charge >= 0.3 is 5.97 Å². The molecule has 5 rings (SSSR count). The van der Waals surface area contributed by atoms with Gasteiger partial charge in [-0.3, -0.25) is 4.79 Å². The van der Waals surface area contributed by atoms with Gasteiger partial charge in [-0.05, 0) is 74.0 Å². The second kappa shape index (κ2) is 6.67. The van der Waals surface area contributed by atoms with Gasteiger partial charge in [-0.1, -0.05) is 12.1 Å². The maximum Gasteiger partial charge on any atom is 0.328 e. The van der Waals surface area contributed by atoms with Gasteiger partial charge < -0.3 is 10.1 Å². The molecular weight excluding hydrogens is 333 g/mol. The molecule has 0 unspecified atom stereocenters. The molecule has 0 saturated heterocycles. The first-order valence-electron chi connectivity index (χ1n) is 9.61. The molecule has 0 aromatic heterocycles. The second-order valence-corrected chi connectivity index (χ2v) is 8.58. The fraction of sp³-hybridized carbons (Fsp3) is 0.619. The number of esters is 1. The van der Waals surface area contributed by atoms with Gasteiger partial charge in [-0.25, -0.2) is 9.18 Å². The van der Waals surface area contributed by atoms with Crippen LogP contribution in [-0.2, 0) is 20.7 Å². The van der Waals surface area contributed by atoms with Crippen molar-refractivity contribution in [2.45, 2.75) is 51.0 Å². The van der Waals surface area contributed by atoms with E-state index in [1.54, 1.807) is 12.1 Å². The molecule has 140 valence electrons. The van der Waals surface area contributed by atoms with E-state index in [0.29, 0.717) is 23.3 Å². The third kappa shape index (κ3) is 3.24. The molecule has 1 aromatic carbocycles. The molecule has 4 nitrogen and oxygen atoms in total. The molecule has 4 bridgehead atoms. The number of hydrogen-bond donors (Lipinski definition) is 1. The van der Waals surface area contributed by atoms with E-state index in [2.05, 4.69) is 5.32 Å². The molecule has 4 fully saturated rings. The number of benzene rings is 1. The minimum Gasteiger partial charge on any atom is -0.467 e. The normalized spacial score (nSPS) is 32.9. The lowest BCUT2D eigenvalue weighted by Gasteiger charge is -2.55. The molecule has 4 saturated carbocycles. The van der Waals surface area contributed by atoms with Crippen molar-refractivity contribution in [3.05, 3.63) is 35.6 Å². The van der Waals surface area contributed by atoms with Crippen LogP contribution in [0, 0.1) is 29.0 Å². The van der Waals surface area contributed by atoms with Gasteiger partial charge in [-0.15, -0.1) is 0 Å². The van der Waals surface area contributed by atoms with Gasteiger partial charge in [-0.2, -0.15) is 0 Å². The molecule has 4 aliphatic rings. The summed E-state index contributed by atoms with van der Waals surface area (Å²) in [6, 6.07) is 5.36. The van der Waals surface area contributed by atoms with Crippen LogP contribution in [0.2, 0.25) is 0 Å². The Morgan fingerprint density at radius 1 is 1.19 bits per heavy atom. The lowest BCUT2D eigenvalue weighted by Crippen LogP contribution is -2.56. The van der Waals surface area contributed by atoms with Crippen LogP contribution >= 0.6 is 0 Å². The van der Waals surface area contributed by atoms with Crippen molar-refractivity contribution in [1.29, 1.82) is 0 Å². The van der Waals surface area contributed by atoms with Crippen LogP contribution in [0.1, 0.15) is 44.1 Å². The van der Waals surface area contributed by atoms with Gasteiger partial charge in [0.15, 0.2) is 0 Å². The molecule has 0 aliphatic heterocycles. The number of carbonyl (C=O) groups is 2. The summed E-state index contributed by atoms with van der Waals surface area (Å²) in [6.07, 6.45) is 6.85. The van der Waals surface area contributed by atoms with Crippen LogP contribution in [0.4, 0.5) is 4.39 Å². The maximum absolute atomic E-state index is 13.5. The summed E-state index contributed by atoms with van der Waals surface area (Å²) in [6.45, 7) is 0. The highest BCUT2D eigenvalue weighted by molar-refractivity contribution is 5.88. The van der Waals surface area contributed by atoms with Crippen molar-refractivity contribution in [2.24, 2.45) is 23.2 Å². The average molecular weight is 359 g/mol. The number of rotatable bonds is 5. The quantitative estimate of drug-likeness (QED) is 0.821. The van der Waals surface area contributed by atoms with Crippen LogP contribution in [0.15, 0.2) is 24.3 Å². The van der Waals surface area contributed by atoms with Crippen LogP contribution in [0.3, 0.4) is 0 Å². The van der Waals surface area contributed by atoms with Gasteiger partial charge in [0, 0.05) is 11.8 Å². The molecule has 4 aliphatic carbocycles. The molecule has 1 atom stereocenters. The lowest BCUT2D eigenvalue weighted by atomic mass is 9.49. The van der Waals surface area contributed by atoms with Crippen molar-refractivity contribution < 1.29 is 18.7 Å². The summed E-state index contributed by atoms with van der Waals surface area (Å²) in [5, 5.41) is 2.96. The number of nitrogens with one attached hydrogen (secondary N) is 1. The Kier molecular flexibility index (Phi) is 4.49. The Hall–Kier alpha value is -1.91. The zero-order valence-electron chi connectivity index (χ0n) is 15.2. The van der Waals surface area contributed by atoms with E-state index in [4.69, 9.17) is 4.74 Å². The smallest absolute Gasteiger partial charge is 0.328 e. The van der Waals surface area contributed by atoms with E-state index >= 15 is 0 Å². The predicted molar refractivity (Wildman–Crippen MR) is 94.7 cm³/mol. The number of halogens is 1. The third-order valence-electron chi connectivity index (χ3n) is 6.64. The van der Waals surface area contributed by atoms with E-state index in [-0.39, 0.29) is 23.6 Å². The summed E-state index contributed by atoms with van der Waals surface area (Å²) in [7, 11) is 1.32. The summed E-state index contributed by atoms with van der Waals surface area (Å²) >= 11 is 0. The largest absolute Gasteiger partial charge is 0.467 e. The molecule has 0 radical (unpaired) electrons. The highest BCUT2D eigenvalue weighted by atomic mass is 19.1. The van der Waals surface area contributed by atoms with Crippen molar-refractivity contribution in [1.82, 2.24) is 5.32 Å². The van der Waals surface area contributed by atoms with E-state index in [0.717, 1.165) is 19.3 Å². The first-order valence-corrected chi connectivity index (χ1v) is 9.61. The molecule has 0 spiro atoms. The summed E-state index contributed by atoms with van der Waals surface area (Å²) in [4.78, 5) is 25.4. The van der Waals surface area contributed by atoms with Gasteiger partial charge in [0.05, 0.1) is 7.11 Å². The topological polar surface area (TPSA) is 55.4 Å². The average Bonchev–Trinajstić information content (AvgIpc) is 2.59. The molecule has 26 heavy (non-hydrogen) atoms. The zero-order valence-corrected chi connectivity index (χ0v) is 15.2. The molecule has 1 aromatic rings. The second-order valence-electron chi connectivity index (χ2n) is 8.58. The van der Waals surface area contributed by atoms with Crippen molar-refractivity contribution in [2.75, 3.05) is 7.11 Å². The van der Waals surface area contributed by atoms with Gasteiger partial charge in [0.1, 0.15) is 11.9 Å². The van der Waals surface area contributed by atoms with Crippen LogP contribution < -0.4 is 5.32 Å². The Labute approximate surface area is 153 Å². The molecule has 5 heteroatoms.